The zero-order valence-corrected chi connectivity index (χ0v) is 8.76. The summed E-state index contributed by atoms with van der Waals surface area (Å²) in [6.45, 7) is 1.50. The molecule has 1 unspecified atom stereocenters. The van der Waals surface area contributed by atoms with Crippen molar-refractivity contribution in [2.24, 2.45) is 0 Å². The number of β-amino-alcohol motifs (C(OH)–C–C–N with tert-alkyl or cyclic N) is 1. The van der Waals surface area contributed by atoms with Gasteiger partial charge in [-0.05, 0) is 12.8 Å². The average Bonchev–Trinajstić information content (AvgIpc) is 2.29. The van der Waals surface area contributed by atoms with E-state index in [2.05, 4.69) is 9.97 Å². The minimum absolute atomic E-state index is 0.273. The van der Waals surface area contributed by atoms with E-state index in [0.29, 0.717) is 12.4 Å². The molecule has 0 aliphatic carbocycles. The molecule has 1 aromatic rings. The van der Waals surface area contributed by atoms with Gasteiger partial charge in [0.2, 0.25) is 0 Å². The lowest BCUT2D eigenvalue weighted by Crippen LogP contribution is -2.38. The molecule has 1 atom stereocenters. The van der Waals surface area contributed by atoms with Crippen molar-refractivity contribution in [3.63, 3.8) is 0 Å². The molecule has 0 bridgehead atoms. The van der Waals surface area contributed by atoms with Crippen LogP contribution in [-0.4, -0.2) is 41.4 Å². The summed E-state index contributed by atoms with van der Waals surface area (Å²) >= 11 is 0. The third-order valence-corrected chi connectivity index (χ3v) is 2.54. The summed E-state index contributed by atoms with van der Waals surface area (Å²) in [6, 6.07) is 0. The first-order valence-corrected chi connectivity index (χ1v) is 5.09. The highest BCUT2D eigenvalue weighted by Gasteiger charge is 2.21. The predicted molar refractivity (Wildman–Crippen MR) is 56.0 cm³/mol. The Kier molecular flexibility index (Phi) is 3.01. The molecule has 0 aromatic carbocycles. The first kappa shape index (κ1) is 10.2. The molecule has 15 heavy (non-hydrogen) atoms. The van der Waals surface area contributed by atoms with Gasteiger partial charge >= 0.3 is 0 Å². The molecule has 2 rings (SSSR count). The minimum atomic E-state index is -0.273. The number of rotatable bonds is 2. The standard InChI is InChI=1S/C10H15N3O2/c1-15-10-9(11-4-5-12-10)13-6-2-3-8(14)7-13/h4-5,8,14H,2-3,6-7H2,1H3. The topological polar surface area (TPSA) is 58.5 Å². The molecule has 5 nitrogen and oxygen atoms in total. The highest BCUT2D eigenvalue weighted by Crippen LogP contribution is 2.25. The number of hydrogen-bond donors (Lipinski definition) is 1. The van der Waals surface area contributed by atoms with Crippen LogP contribution in [0, 0.1) is 0 Å². The summed E-state index contributed by atoms with van der Waals surface area (Å²) in [5.41, 5.74) is 0. The van der Waals surface area contributed by atoms with E-state index < -0.39 is 0 Å². The smallest absolute Gasteiger partial charge is 0.257 e. The van der Waals surface area contributed by atoms with Gasteiger partial charge in [0.25, 0.3) is 5.88 Å². The SMILES string of the molecule is COc1nccnc1N1CCCC(O)C1. The molecule has 0 amide bonds. The van der Waals surface area contributed by atoms with Crippen LogP contribution in [0.25, 0.3) is 0 Å². The summed E-state index contributed by atoms with van der Waals surface area (Å²) < 4.78 is 5.14. The summed E-state index contributed by atoms with van der Waals surface area (Å²) in [5, 5.41) is 9.57. The monoisotopic (exact) mass is 209 g/mol. The van der Waals surface area contributed by atoms with Crippen LogP contribution < -0.4 is 9.64 Å². The minimum Gasteiger partial charge on any atom is -0.478 e. The zero-order chi connectivity index (χ0) is 10.7. The van der Waals surface area contributed by atoms with Crippen molar-refractivity contribution in [2.75, 3.05) is 25.1 Å². The van der Waals surface area contributed by atoms with Crippen LogP contribution in [0.3, 0.4) is 0 Å². The fourth-order valence-corrected chi connectivity index (χ4v) is 1.83. The van der Waals surface area contributed by atoms with Gasteiger partial charge in [-0.3, -0.25) is 0 Å². The van der Waals surface area contributed by atoms with Crippen LogP contribution in [0.1, 0.15) is 12.8 Å². The number of hydrogen-bond acceptors (Lipinski definition) is 5. The normalized spacial score (nSPS) is 21.5. The molecule has 2 heterocycles. The van der Waals surface area contributed by atoms with E-state index in [9.17, 15) is 5.11 Å². The maximum absolute atomic E-state index is 9.57. The van der Waals surface area contributed by atoms with E-state index in [1.54, 1.807) is 19.5 Å². The highest BCUT2D eigenvalue weighted by molar-refractivity contribution is 5.48. The fraction of sp³-hybridized carbons (Fsp3) is 0.600. The Morgan fingerprint density at radius 1 is 1.47 bits per heavy atom. The van der Waals surface area contributed by atoms with Crippen molar-refractivity contribution in [3.8, 4) is 5.88 Å². The zero-order valence-electron chi connectivity index (χ0n) is 8.76. The second kappa shape index (κ2) is 4.44. The van der Waals surface area contributed by atoms with E-state index in [0.717, 1.165) is 25.2 Å². The molecule has 82 valence electrons. The molecule has 0 spiro atoms. The summed E-state index contributed by atoms with van der Waals surface area (Å²) in [4.78, 5) is 10.3. The second-order valence-corrected chi connectivity index (χ2v) is 3.63. The van der Waals surface area contributed by atoms with Gasteiger partial charge in [0.05, 0.1) is 13.2 Å². The number of nitrogens with zero attached hydrogens (tertiary/aromatic N) is 3. The van der Waals surface area contributed by atoms with E-state index in [1.165, 1.54) is 0 Å². The van der Waals surface area contributed by atoms with E-state index in [-0.39, 0.29) is 6.10 Å². The van der Waals surface area contributed by atoms with Crippen LogP contribution in [0.5, 0.6) is 5.88 Å². The number of aromatic nitrogens is 2. The summed E-state index contributed by atoms with van der Waals surface area (Å²) in [6.07, 6.45) is 4.80. The van der Waals surface area contributed by atoms with Crippen LogP contribution >= 0.6 is 0 Å². The van der Waals surface area contributed by atoms with Crippen molar-refractivity contribution < 1.29 is 9.84 Å². The van der Waals surface area contributed by atoms with Gasteiger partial charge in [-0.1, -0.05) is 0 Å². The maximum atomic E-state index is 9.57. The molecule has 1 saturated heterocycles. The number of methoxy groups -OCH3 is 1. The molecule has 1 fully saturated rings. The Bertz CT molecular complexity index is 332. The van der Waals surface area contributed by atoms with Gasteiger partial charge < -0.3 is 14.7 Å². The quantitative estimate of drug-likeness (QED) is 0.766. The lowest BCUT2D eigenvalue weighted by atomic mass is 10.1. The Balaban J connectivity index is 2.20. The van der Waals surface area contributed by atoms with E-state index in [1.807, 2.05) is 4.90 Å². The number of piperidine rings is 1. The third kappa shape index (κ3) is 2.18. The first-order chi connectivity index (χ1) is 7.31. The lowest BCUT2D eigenvalue weighted by Gasteiger charge is -2.31. The number of aliphatic hydroxyl groups excluding tert-OH is 1. The molecule has 0 saturated carbocycles. The lowest BCUT2D eigenvalue weighted by molar-refractivity contribution is 0.153. The van der Waals surface area contributed by atoms with Crippen LogP contribution in [0.2, 0.25) is 0 Å². The van der Waals surface area contributed by atoms with Crippen molar-refractivity contribution in [3.05, 3.63) is 12.4 Å². The highest BCUT2D eigenvalue weighted by atomic mass is 16.5. The molecular weight excluding hydrogens is 194 g/mol. The predicted octanol–water partition coefficient (Wildman–Crippen LogP) is 0.446. The van der Waals surface area contributed by atoms with Crippen molar-refractivity contribution >= 4 is 5.82 Å². The van der Waals surface area contributed by atoms with Gasteiger partial charge in [0, 0.05) is 25.5 Å². The van der Waals surface area contributed by atoms with Crippen LogP contribution in [-0.2, 0) is 0 Å². The van der Waals surface area contributed by atoms with Gasteiger partial charge in [-0.25, -0.2) is 9.97 Å². The average molecular weight is 209 g/mol. The molecule has 1 N–H and O–H groups in total. The second-order valence-electron chi connectivity index (χ2n) is 3.63. The largest absolute Gasteiger partial charge is 0.478 e. The summed E-state index contributed by atoms with van der Waals surface area (Å²) in [5.74, 6) is 1.24. The Morgan fingerprint density at radius 2 is 2.27 bits per heavy atom. The Morgan fingerprint density at radius 3 is 3.00 bits per heavy atom. The Labute approximate surface area is 88.7 Å². The number of ether oxygens (including phenoxy) is 1. The maximum Gasteiger partial charge on any atom is 0.257 e. The van der Waals surface area contributed by atoms with Gasteiger partial charge in [0.1, 0.15) is 0 Å². The molecule has 1 aliphatic heterocycles. The molecule has 1 aliphatic rings. The molecule has 5 heteroatoms. The van der Waals surface area contributed by atoms with Crippen molar-refractivity contribution in [2.45, 2.75) is 18.9 Å². The van der Waals surface area contributed by atoms with E-state index in [4.69, 9.17) is 4.74 Å². The molecule has 1 aromatic heterocycles. The Hall–Kier alpha value is -1.36. The summed E-state index contributed by atoms with van der Waals surface area (Å²) in [7, 11) is 1.58. The van der Waals surface area contributed by atoms with Crippen molar-refractivity contribution in [1.29, 1.82) is 0 Å². The molecular formula is C10H15N3O2. The van der Waals surface area contributed by atoms with Crippen molar-refractivity contribution in [1.82, 2.24) is 9.97 Å². The number of aliphatic hydroxyl groups is 1. The fourth-order valence-electron chi connectivity index (χ4n) is 1.83. The van der Waals surface area contributed by atoms with E-state index >= 15 is 0 Å². The number of anilines is 1. The van der Waals surface area contributed by atoms with Crippen LogP contribution in [0.4, 0.5) is 5.82 Å². The van der Waals surface area contributed by atoms with Gasteiger partial charge in [-0.15, -0.1) is 0 Å². The van der Waals surface area contributed by atoms with Gasteiger partial charge in [0.15, 0.2) is 5.82 Å². The van der Waals surface area contributed by atoms with Crippen LogP contribution in [0.15, 0.2) is 12.4 Å². The molecule has 0 radical (unpaired) electrons. The third-order valence-electron chi connectivity index (χ3n) is 2.54. The first-order valence-electron chi connectivity index (χ1n) is 5.09. The van der Waals surface area contributed by atoms with Gasteiger partial charge in [-0.2, -0.15) is 0 Å².